The SMILES string of the molecule is CCCC1(C(=O)N(CC(F)(F)F)C(C)C)CCNC1. The smallest absolute Gasteiger partial charge is 0.331 e. The Bertz CT molecular complexity index is 310. The molecule has 0 aromatic rings. The predicted molar refractivity (Wildman–Crippen MR) is 67.7 cm³/mol. The van der Waals surface area contributed by atoms with Crippen molar-refractivity contribution < 1.29 is 18.0 Å². The number of halogens is 3. The molecule has 0 radical (unpaired) electrons. The van der Waals surface area contributed by atoms with Crippen LogP contribution in [0.3, 0.4) is 0 Å². The van der Waals surface area contributed by atoms with E-state index in [0.29, 0.717) is 25.9 Å². The summed E-state index contributed by atoms with van der Waals surface area (Å²) in [5.74, 6) is -0.355. The molecule has 1 unspecified atom stereocenters. The zero-order chi connectivity index (χ0) is 14.7. The highest BCUT2D eigenvalue weighted by Crippen LogP contribution is 2.35. The minimum atomic E-state index is -4.35. The lowest BCUT2D eigenvalue weighted by molar-refractivity contribution is -0.171. The second kappa shape index (κ2) is 6.11. The van der Waals surface area contributed by atoms with Crippen LogP contribution in [-0.2, 0) is 4.79 Å². The highest BCUT2D eigenvalue weighted by Gasteiger charge is 2.45. The van der Waals surface area contributed by atoms with E-state index in [-0.39, 0.29) is 5.91 Å². The molecule has 1 aliphatic rings. The van der Waals surface area contributed by atoms with Crippen LogP contribution in [0, 0.1) is 5.41 Å². The van der Waals surface area contributed by atoms with E-state index in [9.17, 15) is 18.0 Å². The second-order valence-corrected chi connectivity index (χ2v) is 5.60. The summed E-state index contributed by atoms with van der Waals surface area (Å²) < 4.78 is 37.8. The first kappa shape index (κ1) is 16.3. The first-order valence-electron chi connectivity index (χ1n) is 6.80. The van der Waals surface area contributed by atoms with Gasteiger partial charge in [-0.05, 0) is 33.2 Å². The molecule has 0 aromatic heterocycles. The Kier molecular flexibility index (Phi) is 5.24. The topological polar surface area (TPSA) is 32.3 Å². The van der Waals surface area contributed by atoms with Crippen LogP contribution in [-0.4, -0.2) is 42.7 Å². The Hall–Kier alpha value is -0.780. The maximum Gasteiger partial charge on any atom is 0.406 e. The van der Waals surface area contributed by atoms with E-state index in [2.05, 4.69) is 5.32 Å². The fourth-order valence-corrected chi connectivity index (χ4v) is 2.71. The van der Waals surface area contributed by atoms with Gasteiger partial charge in [0.1, 0.15) is 6.54 Å². The van der Waals surface area contributed by atoms with Gasteiger partial charge in [-0.1, -0.05) is 13.3 Å². The minimum absolute atomic E-state index is 0.355. The van der Waals surface area contributed by atoms with Crippen LogP contribution in [0.25, 0.3) is 0 Å². The summed E-state index contributed by atoms with van der Waals surface area (Å²) in [5, 5.41) is 3.11. The van der Waals surface area contributed by atoms with Crippen molar-refractivity contribution in [1.82, 2.24) is 10.2 Å². The van der Waals surface area contributed by atoms with Gasteiger partial charge in [0.15, 0.2) is 0 Å². The molecule has 0 bridgehead atoms. The number of nitrogens with one attached hydrogen (secondary N) is 1. The molecule has 0 aliphatic carbocycles. The standard InChI is InChI=1S/C13H23F3N2O/c1-4-5-12(6-7-17-8-12)11(19)18(10(2)3)9-13(14,15)16/h10,17H,4-9H2,1-3H3. The molecule has 0 saturated carbocycles. The third kappa shape index (κ3) is 4.09. The number of rotatable bonds is 5. The van der Waals surface area contributed by atoms with Gasteiger partial charge >= 0.3 is 6.18 Å². The van der Waals surface area contributed by atoms with Crippen LogP contribution in [0.4, 0.5) is 13.2 Å². The van der Waals surface area contributed by atoms with Crippen molar-refractivity contribution in [1.29, 1.82) is 0 Å². The van der Waals surface area contributed by atoms with Crippen LogP contribution >= 0.6 is 0 Å². The van der Waals surface area contributed by atoms with E-state index in [4.69, 9.17) is 0 Å². The van der Waals surface area contributed by atoms with E-state index >= 15 is 0 Å². The average Bonchev–Trinajstić information content (AvgIpc) is 2.74. The molecule has 1 fully saturated rings. The van der Waals surface area contributed by atoms with Crippen molar-refractivity contribution in [2.75, 3.05) is 19.6 Å². The first-order chi connectivity index (χ1) is 8.72. The van der Waals surface area contributed by atoms with Gasteiger partial charge in [-0.2, -0.15) is 13.2 Å². The van der Waals surface area contributed by atoms with Gasteiger partial charge in [0.05, 0.1) is 5.41 Å². The van der Waals surface area contributed by atoms with Gasteiger partial charge in [0, 0.05) is 12.6 Å². The molecule has 3 nitrogen and oxygen atoms in total. The molecule has 1 rings (SSSR count). The fourth-order valence-electron chi connectivity index (χ4n) is 2.71. The molecular formula is C13H23F3N2O. The highest BCUT2D eigenvalue weighted by atomic mass is 19.4. The lowest BCUT2D eigenvalue weighted by Gasteiger charge is -2.36. The number of hydrogen-bond acceptors (Lipinski definition) is 2. The Labute approximate surface area is 112 Å². The molecule has 1 aliphatic heterocycles. The van der Waals surface area contributed by atoms with Crippen LogP contribution in [0.5, 0.6) is 0 Å². The molecule has 1 atom stereocenters. The number of amides is 1. The van der Waals surface area contributed by atoms with E-state index in [1.165, 1.54) is 0 Å². The van der Waals surface area contributed by atoms with Crippen molar-refractivity contribution >= 4 is 5.91 Å². The third-order valence-corrected chi connectivity index (χ3v) is 3.66. The van der Waals surface area contributed by atoms with Crippen molar-refractivity contribution in [3.63, 3.8) is 0 Å². The summed E-state index contributed by atoms with van der Waals surface area (Å²) >= 11 is 0. The van der Waals surface area contributed by atoms with Gasteiger partial charge < -0.3 is 10.2 Å². The van der Waals surface area contributed by atoms with Crippen LogP contribution in [0.2, 0.25) is 0 Å². The number of alkyl halides is 3. The summed E-state index contributed by atoms with van der Waals surface area (Å²) in [7, 11) is 0. The number of carbonyl (C=O) groups excluding carboxylic acids is 1. The Morgan fingerprint density at radius 2 is 2.05 bits per heavy atom. The normalized spacial score (nSPS) is 23.9. The summed E-state index contributed by atoms with van der Waals surface area (Å²) in [6, 6.07) is -0.441. The zero-order valence-electron chi connectivity index (χ0n) is 11.8. The Balaban J connectivity index is 2.91. The van der Waals surface area contributed by atoms with Gasteiger partial charge in [-0.25, -0.2) is 0 Å². The van der Waals surface area contributed by atoms with Crippen molar-refractivity contribution in [2.45, 2.75) is 52.3 Å². The van der Waals surface area contributed by atoms with Gasteiger partial charge in [-0.15, -0.1) is 0 Å². The van der Waals surface area contributed by atoms with Crippen LogP contribution in [0.15, 0.2) is 0 Å². The Morgan fingerprint density at radius 3 is 2.42 bits per heavy atom. The van der Waals surface area contributed by atoms with E-state index < -0.39 is 24.2 Å². The minimum Gasteiger partial charge on any atom is -0.331 e. The molecule has 0 aromatic carbocycles. The van der Waals surface area contributed by atoms with Gasteiger partial charge in [0.2, 0.25) is 5.91 Å². The second-order valence-electron chi connectivity index (χ2n) is 5.60. The molecule has 1 N–H and O–H groups in total. The Morgan fingerprint density at radius 1 is 1.42 bits per heavy atom. The molecule has 0 spiro atoms. The number of carbonyl (C=O) groups is 1. The summed E-state index contributed by atoms with van der Waals surface area (Å²) in [6.07, 6.45) is -2.29. The quantitative estimate of drug-likeness (QED) is 0.839. The van der Waals surface area contributed by atoms with Crippen LogP contribution < -0.4 is 5.32 Å². The molecule has 6 heteroatoms. The summed E-state index contributed by atoms with van der Waals surface area (Å²) in [6.45, 7) is 5.24. The lowest BCUT2D eigenvalue weighted by atomic mass is 9.80. The molecule has 19 heavy (non-hydrogen) atoms. The molecule has 1 heterocycles. The van der Waals surface area contributed by atoms with E-state index in [1.54, 1.807) is 13.8 Å². The maximum atomic E-state index is 12.6. The lowest BCUT2D eigenvalue weighted by Crippen LogP contribution is -2.51. The molecule has 112 valence electrons. The largest absolute Gasteiger partial charge is 0.406 e. The van der Waals surface area contributed by atoms with Crippen molar-refractivity contribution in [3.8, 4) is 0 Å². The van der Waals surface area contributed by atoms with Crippen molar-refractivity contribution in [3.05, 3.63) is 0 Å². The van der Waals surface area contributed by atoms with Gasteiger partial charge in [-0.3, -0.25) is 4.79 Å². The zero-order valence-corrected chi connectivity index (χ0v) is 11.8. The highest BCUT2D eigenvalue weighted by molar-refractivity contribution is 5.83. The number of hydrogen-bond donors (Lipinski definition) is 1. The third-order valence-electron chi connectivity index (χ3n) is 3.66. The predicted octanol–water partition coefficient (Wildman–Crippen LogP) is 2.57. The molecular weight excluding hydrogens is 257 g/mol. The van der Waals surface area contributed by atoms with E-state index in [0.717, 1.165) is 11.3 Å². The van der Waals surface area contributed by atoms with E-state index in [1.807, 2.05) is 6.92 Å². The monoisotopic (exact) mass is 280 g/mol. The van der Waals surface area contributed by atoms with Gasteiger partial charge in [0.25, 0.3) is 0 Å². The average molecular weight is 280 g/mol. The maximum absolute atomic E-state index is 12.6. The van der Waals surface area contributed by atoms with Crippen LogP contribution in [0.1, 0.15) is 40.0 Å². The fraction of sp³-hybridized carbons (Fsp3) is 0.923. The summed E-state index contributed by atoms with van der Waals surface area (Å²) in [5.41, 5.74) is -0.649. The summed E-state index contributed by atoms with van der Waals surface area (Å²) in [4.78, 5) is 13.5. The molecule has 1 saturated heterocycles. The number of nitrogens with zero attached hydrogens (tertiary/aromatic N) is 1. The molecule has 1 amide bonds. The van der Waals surface area contributed by atoms with Crippen molar-refractivity contribution in [2.24, 2.45) is 5.41 Å². The first-order valence-corrected chi connectivity index (χ1v) is 6.80.